The molecule has 3 saturated carbocycles. The van der Waals surface area contributed by atoms with Crippen molar-refractivity contribution in [3.05, 3.63) is 11.6 Å². The molecule has 0 aromatic heterocycles. The summed E-state index contributed by atoms with van der Waals surface area (Å²) in [5.41, 5.74) is 2.90. The van der Waals surface area contributed by atoms with Crippen LogP contribution in [0.15, 0.2) is 11.6 Å². The fourth-order valence-electron chi connectivity index (χ4n) is 9.64. The molecule has 3 fully saturated rings. The van der Waals surface area contributed by atoms with Crippen LogP contribution in [0.25, 0.3) is 0 Å². The second-order valence-corrected chi connectivity index (χ2v) is 13.5. The van der Waals surface area contributed by atoms with Gasteiger partial charge in [-0.25, -0.2) is 0 Å². The van der Waals surface area contributed by atoms with Crippen molar-refractivity contribution in [2.75, 3.05) is 0 Å². The smallest absolute Gasteiger partial charge is 0.0596 e. The van der Waals surface area contributed by atoms with Crippen LogP contribution in [0.2, 0.25) is 0 Å². The van der Waals surface area contributed by atoms with E-state index in [1.807, 2.05) is 5.57 Å². The van der Waals surface area contributed by atoms with E-state index in [4.69, 9.17) is 0 Å². The molecule has 31 heavy (non-hydrogen) atoms. The van der Waals surface area contributed by atoms with E-state index >= 15 is 0 Å². The van der Waals surface area contributed by atoms with Crippen molar-refractivity contribution >= 4 is 0 Å². The van der Waals surface area contributed by atoms with E-state index < -0.39 is 0 Å². The first-order valence-electron chi connectivity index (χ1n) is 14.0. The summed E-state index contributed by atoms with van der Waals surface area (Å²) < 4.78 is 0. The van der Waals surface area contributed by atoms with Crippen LogP contribution in [-0.4, -0.2) is 11.2 Å². The molecule has 0 bridgehead atoms. The molecule has 1 heteroatoms. The molecule has 1 nitrogen and oxygen atoms in total. The molecule has 0 amide bonds. The molecule has 0 spiro atoms. The van der Waals surface area contributed by atoms with Crippen LogP contribution >= 0.6 is 0 Å². The maximum Gasteiger partial charge on any atom is 0.0596 e. The first-order chi connectivity index (χ1) is 14.6. The van der Waals surface area contributed by atoms with Gasteiger partial charge in [-0.1, -0.05) is 79.4 Å². The molecule has 9 atom stereocenters. The number of rotatable bonds is 6. The second kappa shape index (κ2) is 8.48. The van der Waals surface area contributed by atoms with E-state index in [2.05, 4.69) is 54.5 Å². The molecule has 1 N–H and O–H groups in total. The third kappa shape index (κ3) is 3.68. The molecule has 0 aliphatic heterocycles. The summed E-state index contributed by atoms with van der Waals surface area (Å²) in [6.45, 7) is 17.3. The molecule has 178 valence electrons. The Hall–Kier alpha value is -0.300. The highest BCUT2D eigenvalue weighted by Crippen LogP contribution is 2.69. The molecule has 0 saturated heterocycles. The standard InChI is InChI=1S/C30H52O/c1-8-28(5)26-15-12-22-24-14-13-23(21(4)11-9-10-20(2)3)29(24,6)18-16-25(22)30(26,7)19-17-27(28)31/h12,20-21,23-27,31H,8-11,13-19H2,1-7H3/t21-,23-,24+,25+,26?,27?,28?,29-,30-/m1/s1. The third-order valence-corrected chi connectivity index (χ3v) is 11.8. The van der Waals surface area contributed by atoms with Gasteiger partial charge in [-0.05, 0) is 103 Å². The quantitative estimate of drug-likeness (QED) is 0.421. The van der Waals surface area contributed by atoms with E-state index in [-0.39, 0.29) is 11.5 Å². The molecule has 4 aliphatic rings. The third-order valence-electron chi connectivity index (χ3n) is 11.8. The van der Waals surface area contributed by atoms with Crippen LogP contribution in [0.3, 0.4) is 0 Å². The molecule has 0 aromatic carbocycles. The summed E-state index contributed by atoms with van der Waals surface area (Å²) in [4.78, 5) is 0. The summed E-state index contributed by atoms with van der Waals surface area (Å²) in [6.07, 6.45) is 17.2. The minimum absolute atomic E-state index is 0.0962. The lowest BCUT2D eigenvalue weighted by Gasteiger charge is -2.62. The highest BCUT2D eigenvalue weighted by molar-refractivity contribution is 5.29. The van der Waals surface area contributed by atoms with E-state index in [0.29, 0.717) is 16.7 Å². The number of hydrogen-bond acceptors (Lipinski definition) is 1. The van der Waals surface area contributed by atoms with Gasteiger partial charge in [0.2, 0.25) is 0 Å². The Morgan fingerprint density at radius 1 is 0.935 bits per heavy atom. The topological polar surface area (TPSA) is 20.2 Å². The summed E-state index contributed by atoms with van der Waals surface area (Å²) in [5, 5.41) is 10.9. The fraction of sp³-hybridized carbons (Fsp3) is 0.933. The molecule has 4 rings (SSSR count). The monoisotopic (exact) mass is 428 g/mol. The Kier molecular flexibility index (Phi) is 6.53. The zero-order valence-corrected chi connectivity index (χ0v) is 21.8. The Labute approximate surface area is 193 Å². The average molecular weight is 429 g/mol. The molecule has 0 radical (unpaired) electrons. The second-order valence-electron chi connectivity index (χ2n) is 13.5. The van der Waals surface area contributed by atoms with Gasteiger partial charge in [-0.15, -0.1) is 0 Å². The summed E-state index contributed by atoms with van der Waals surface area (Å²) >= 11 is 0. The van der Waals surface area contributed by atoms with Crippen molar-refractivity contribution < 1.29 is 5.11 Å². The maximum atomic E-state index is 10.9. The summed E-state index contributed by atoms with van der Waals surface area (Å²) in [6, 6.07) is 0. The first-order valence-corrected chi connectivity index (χ1v) is 14.0. The van der Waals surface area contributed by atoms with E-state index in [0.717, 1.165) is 42.4 Å². The Morgan fingerprint density at radius 2 is 1.61 bits per heavy atom. The predicted molar refractivity (Wildman–Crippen MR) is 133 cm³/mol. The van der Waals surface area contributed by atoms with Crippen molar-refractivity contribution in [3.63, 3.8) is 0 Å². The average Bonchev–Trinajstić information content (AvgIpc) is 3.08. The molecular weight excluding hydrogens is 376 g/mol. The lowest BCUT2D eigenvalue weighted by Crippen LogP contribution is -2.57. The summed E-state index contributed by atoms with van der Waals surface area (Å²) in [7, 11) is 0. The zero-order chi connectivity index (χ0) is 22.6. The van der Waals surface area contributed by atoms with Crippen LogP contribution in [0.4, 0.5) is 0 Å². The van der Waals surface area contributed by atoms with Gasteiger partial charge in [0.15, 0.2) is 0 Å². The first kappa shape index (κ1) is 23.8. The minimum Gasteiger partial charge on any atom is -0.393 e. The Balaban J connectivity index is 1.56. The van der Waals surface area contributed by atoms with Gasteiger partial charge in [-0.3, -0.25) is 0 Å². The van der Waals surface area contributed by atoms with Gasteiger partial charge in [0, 0.05) is 0 Å². The van der Waals surface area contributed by atoms with Crippen molar-refractivity contribution in [1.82, 2.24) is 0 Å². The van der Waals surface area contributed by atoms with Crippen molar-refractivity contribution in [3.8, 4) is 0 Å². The predicted octanol–water partition coefficient (Wildman–Crippen LogP) is 8.41. The number of allylic oxidation sites excluding steroid dienone is 2. The lowest BCUT2D eigenvalue weighted by molar-refractivity contribution is -0.135. The minimum atomic E-state index is -0.109. The normalized spacial score (nSPS) is 48.0. The molecule has 4 aliphatic carbocycles. The Morgan fingerprint density at radius 3 is 2.29 bits per heavy atom. The highest BCUT2D eigenvalue weighted by atomic mass is 16.3. The van der Waals surface area contributed by atoms with Gasteiger partial charge in [-0.2, -0.15) is 0 Å². The number of fused-ring (bicyclic) bond motifs is 5. The van der Waals surface area contributed by atoms with E-state index in [1.54, 1.807) is 0 Å². The number of hydrogen-bond donors (Lipinski definition) is 1. The van der Waals surface area contributed by atoms with Crippen LogP contribution in [-0.2, 0) is 0 Å². The fourth-order valence-corrected chi connectivity index (χ4v) is 9.64. The Bertz CT molecular complexity index is 678. The number of aliphatic hydroxyl groups excluding tert-OH is 1. The van der Waals surface area contributed by atoms with Crippen LogP contribution in [0.1, 0.15) is 119 Å². The number of aliphatic hydroxyl groups is 1. The van der Waals surface area contributed by atoms with Gasteiger partial charge in [0.1, 0.15) is 0 Å². The van der Waals surface area contributed by atoms with Gasteiger partial charge in [0.05, 0.1) is 6.10 Å². The largest absolute Gasteiger partial charge is 0.393 e. The lowest BCUT2D eigenvalue weighted by atomic mass is 9.43. The van der Waals surface area contributed by atoms with Gasteiger partial charge < -0.3 is 5.11 Å². The molecule has 0 aromatic rings. The van der Waals surface area contributed by atoms with Gasteiger partial charge in [0.25, 0.3) is 0 Å². The molecule has 0 heterocycles. The highest BCUT2D eigenvalue weighted by Gasteiger charge is 2.61. The van der Waals surface area contributed by atoms with Crippen molar-refractivity contribution in [1.29, 1.82) is 0 Å². The van der Waals surface area contributed by atoms with Crippen LogP contribution in [0.5, 0.6) is 0 Å². The maximum absolute atomic E-state index is 10.9. The van der Waals surface area contributed by atoms with Crippen molar-refractivity contribution in [2.45, 2.75) is 125 Å². The van der Waals surface area contributed by atoms with Crippen molar-refractivity contribution in [2.24, 2.45) is 51.8 Å². The van der Waals surface area contributed by atoms with E-state index in [9.17, 15) is 5.11 Å². The molecule has 3 unspecified atom stereocenters. The molecular formula is C30H52O. The van der Waals surface area contributed by atoms with Gasteiger partial charge >= 0.3 is 0 Å². The summed E-state index contributed by atoms with van der Waals surface area (Å²) in [5.74, 6) is 4.91. The van der Waals surface area contributed by atoms with Crippen LogP contribution < -0.4 is 0 Å². The van der Waals surface area contributed by atoms with Crippen LogP contribution in [0, 0.1) is 51.8 Å². The SMILES string of the molecule is CCC1(C)C(O)CC[C@@]2(C)C1CC=C1[C@@H]3CC[C@H]([C@H](C)CCCC(C)C)[C@@]3(C)CC[C@@H]12. The van der Waals surface area contributed by atoms with E-state index in [1.165, 1.54) is 57.8 Å². The zero-order valence-electron chi connectivity index (χ0n) is 21.8.